The van der Waals surface area contributed by atoms with Gasteiger partial charge in [0.15, 0.2) is 0 Å². The number of nitrogens with two attached hydrogens (primary N) is 1. The SMILES string of the molecule is CC(C)C[C@H](NC(=O)[C@@H]1CCCN1C(=O)[C@H](Cc1ccccc1)NC(=O)[C@H](C)NC(=O)[C@H](CCC(=O)OC(C)(C)C)NC(=O)[C@H](C)NC(=O)[C@@H](N)CO)C(=O)N[C@@H](CCC(=O)OC(C)(C)C)C(=O)N[C@@H](Cc1ccccc1)C(=O)OC(C)(C)C. The van der Waals surface area contributed by atoms with E-state index < -0.39 is 143 Å². The molecule has 0 bridgehead atoms. The number of carbonyl (C=O) groups is 11. The van der Waals surface area contributed by atoms with E-state index in [1.165, 1.54) is 18.7 Å². The van der Waals surface area contributed by atoms with Crippen molar-refractivity contribution in [2.24, 2.45) is 11.7 Å². The lowest BCUT2D eigenvalue weighted by Gasteiger charge is -2.31. The molecule has 10 N–H and O–H groups in total. The smallest absolute Gasteiger partial charge is 0.329 e. The Morgan fingerprint density at radius 1 is 0.536 bits per heavy atom. The van der Waals surface area contributed by atoms with Crippen LogP contribution >= 0.6 is 0 Å². The maximum Gasteiger partial charge on any atom is 0.329 e. The Morgan fingerprint density at radius 2 is 0.940 bits per heavy atom. The van der Waals surface area contributed by atoms with Gasteiger partial charge in [-0.2, -0.15) is 0 Å². The number of nitrogens with zero attached hydrogens (tertiary/aromatic N) is 1. The van der Waals surface area contributed by atoms with E-state index in [1.54, 1.807) is 123 Å². The average molecular weight is 1180 g/mol. The third-order valence-electron chi connectivity index (χ3n) is 12.8. The zero-order chi connectivity index (χ0) is 63.3. The quantitative estimate of drug-likeness (QED) is 0.0415. The molecule has 24 heteroatoms. The number of amides is 8. The molecule has 0 spiro atoms. The molecule has 84 heavy (non-hydrogen) atoms. The van der Waals surface area contributed by atoms with Gasteiger partial charge in [0, 0.05) is 32.2 Å². The average Bonchev–Trinajstić information content (AvgIpc) is 4.14. The first kappa shape index (κ1) is 70.8. The molecule has 0 radical (unpaired) electrons. The van der Waals surface area contributed by atoms with E-state index in [0.717, 1.165) is 0 Å². The molecule has 8 amide bonds. The molecule has 1 saturated heterocycles. The fraction of sp³-hybridized carbons (Fsp3) is 0.617. The van der Waals surface area contributed by atoms with Crippen molar-refractivity contribution in [3.63, 3.8) is 0 Å². The molecule has 2 aromatic rings. The number of benzene rings is 2. The summed E-state index contributed by atoms with van der Waals surface area (Å²) in [7, 11) is 0. The lowest BCUT2D eigenvalue weighted by atomic mass is 10.0. The number of aliphatic hydroxyl groups is 1. The summed E-state index contributed by atoms with van der Waals surface area (Å²) in [5.41, 5.74) is 4.28. The minimum Gasteiger partial charge on any atom is -0.460 e. The molecule has 0 unspecified atom stereocenters. The highest BCUT2D eigenvalue weighted by molar-refractivity contribution is 5.98. The number of rotatable bonds is 29. The van der Waals surface area contributed by atoms with Crippen molar-refractivity contribution in [2.45, 2.75) is 219 Å². The maximum absolute atomic E-state index is 14.8. The van der Waals surface area contributed by atoms with Crippen LogP contribution in [0.2, 0.25) is 0 Å². The molecular formula is C60H91N9O15. The molecule has 466 valence electrons. The molecule has 2 aromatic carbocycles. The third-order valence-corrected chi connectivity index (χ3v) is 12.8. The molecule has 1 aliphatic rings. The zero-order valence-electron chi connectivity index (χ0n) is 51.0. The van der Waals surface area contributed by atoms with Crippen LogP contribution in [0, 0.1) is 5.92 Å². The van der Waals surface area contributed by atoms with E-state index in [0.29, 0.717) is 17.5 Å². The van der Waals surface area contributed by atoms with Gasteiger partial charge in [-0.25, -0.2) is 4.79 Å². The molecule has 24 nitrogen and oxygen atoms in total. The van der Waals surface area contributed by atoms with Crippen LogP contribution < -0.4 is 43.0 Å². The number of nitrogens with one attached hydrogen (secondary N) is 7. The van der Waals surface area contributed by atoms with Gasteiger partial charge in [-0.05, 0) is 125 Å². The van der Waals surface area contributed by atoms with Crippen molar-refractivity contribution < 1.29 is 72.1 Å². The van der Waals surface area contributed by atoms with Crippen LogP contribution in [0.1, 0.15) is 146 Å². The second-order valence-electron chi connectivity index (χ2n) is 24.5. The van der Waals surface area contributed by atoms with Crippen molar-refractivity contribution in [2.75, 3.05) is 13.2 Å². The Balaban J connectivity index is 1.90. The van der Waals surface area contributed by atoms with Crippen LogP contribution in [-0.2, 0) is 79.8 Å². The molecular weight excluding hydrogens is 1090 g/mol. The number of hydrogen-bond acceptors (Lipinski definition) is 16. The molecule has 0 aromatic heterocycles. The number of hydrogen-bond donors (Lipinski definition) is 9. The predicted molar refractivity (Wildman–Crippen MR) is 310 cm³/mol. The fourth-order valence-electron chi connectivity index (χ4n) is 8.77. The van der Waals surface area contributed by atoms with E-state index in [1.807, 2.05) is 13.8 Å². The lowest BCUT2D eigenvalue weighted by molar-refractivity contribution is -0.159. The summed E-state index contributed by atoms with van der Waals surface area (Å²) < 4.78 is 16.6. The molecule has 3 rings (SSSR count). The maximum atomic E-state index is 14.8. The van der Waals surface area contributed by atoms with E-state index >= 15 is 0 Å². The van der Waals surface area contributed by atoms with Crippen molar-refractivity contribution in [1.82, 2.24) is 42.1 Å². The number of ether oxygens (including phenoxy) is 3. The zero-order valence-corrected chi connectivity index (χ0v) is 51.0. The number of aliphatic hydroxyl groups excluding tert-OH is 1. The second-order valence-corrected chi connectivity index (χ2v) is 24.5. The summed E-state index contributed by atoms with van der Waals surface area (Å²) >= 11 is 0. The van der Waals surface area contributed by atoms with Crippen LogP contribution in [0.4, 0.5) is 0 Å². The normalized spacial score (nSPS) is 16.4. The van der Waals surface area contributed by atoms with Crippen LogP contribution in [0.3, 0.4) is 0 Å². The Bertz CT molecular complexity index is 2580. The molecule has 0 saturated carbocycles. The van der Waals surface area contributed by atoms with Crippen molar-refractivity contribution in [3.05, 3.63) is 71.8 Å². The summed E-state index contributed by atoms with van der Waals surface area (Å²) in [6.45, 7) is 20.7. The summed E-state index contributed by atoms with van der Waals surface area (Å²) in [5, 5.41) is 27.6. The van der Waals surface area contributed by atoms with Gasteiger partial charge in [0.2, 0.25) is 47.3 Å². The van der Waals surface area contributed by atoms with Gasteiger partial charge in [-0.15, -0.1) is 0 Å². The van der Waals surface area contributed by atoms with Crippen LogP contribution in [0.25, 0.3) is 0 Å². The number of esters is 3. The topological polar surface area (TPSA) is 349 Å². The Kier molecular flexibility index (Phi) is 27.4. The minimum atomic E-state index is -1.44. The Labute approximate surface area is 493 Å². The summed E-state index contributed by atoms with van der Waals surface area (Å²) in [4.78, 5) is 152. The highest BCUT2D eigenvalue weighted by atomic mass is 16.6. The van der Waals surface area contributed by atoms with Gasteiger partial charge in [-0.3, -0.25) is 47.9 Å². The molecule has 0 aliphatic carbocycles. The highest BCUT2D eigenvalue weighted by Gasteiger charge is 2.41. The first-order valence-electron chi connectivity index (χ1n) is 28.6. The van der Waals surface area contributed by atoms with Gasteiger partial charge >= 0.3 is 17.9 Å². The number of carbonyl (C=O) groups excluding carboxylic acids is 11. The Hall–Kier alpha value is -7.47. The molecule has 1 aliphatic heterocycles. The standard InChI is InChI=1S/C60H91N9O15/c1-35(2)31-43(54(78)65-42(27-29-48(72)83-59(8,9)10)53(77)68-45(57(81)84-60(11,12)13)33-39-23-18-15-19-24-39)66-55(79)46-25-20-30-69(46)56(80)44(32-38-21-16-14-17-22-38)67-50(74)37(4)63-52(76)41(26-28-47(71)82-58(5,6)7)64-49(73)36(3)62-51(75)40(61)34-70/h14-19,21-24,35-37,40-46,70H,20,25-34,61H2,1-13H3,(H,62,75)(H,63,76)(H,64,73)(H,65,78)(H,66,79)(H,67,74)(H,68,77)/t36-,37-,40-,41-,42-,43-,44-,45-,46-/m0/s1. The van der Waals surface area contributed by atoms with Gasteiger partial charge in [0.1, 0.15) is 71.2 Å². The van der Waals surface area contributed by atoms with Crippen molar-refractivity contribution in [3.8, 4) is 0 Å². The molecule has 1 heterocycles. The fourth-order valence-corrected chi connectivity index (χ4v) is 8.77. The second kappa shape index (κ2) is 32.6. The van der Waals surface area contributed by atoms with Crippen molar-refractivity contribution in [1.29, 1.82) is 0 Å². The van der Waals surface area contributed by atoms with E-state index in [9.17, 15) is 57.8 Å². The lowest BCUT2D eigenvalue weighted by Crippen LogP contribution is -2.60. The van der Waals surface area contributed by atoms with Gasteiger partial charge in [0.05, 0.1) is 6.61 Å². The summed E-state index contributed by atoms with van der Waals surface area (Å²) in [6.07, 6.45) is -0.595. The van der Waals surface area contributed by atoms with Crippen molar-refractivity contribution >= 4 is 65.2 Å². The van der Waals surface area contributed by atoms with Crippen LogP contribution in [0.15, 0.2) is 60.7 Å². The summed E-state index contributed by atoms with van der Waals surface area (Å²) in [5.74, 6) is -8.61. The van der Waals surface area contributed by atoms with Gasteiger partial charge in [0.25, 0.3) is 0 Å². The van der Waals surface area contributed by atoms with E-state index in [-0.39, 0.29) is 63.8 Å². The minimum absolute atomic E-state index is 0.0383. The van der Waals surface area contributed by atoms with Gasteiger partial charge in [-0.1, -0.05) is 74.5 Å². The van der Waals surface area contributed by atoms with E-state index in [2.05, 4.69) is 37.2 Å². The first-order valence-corrected chi connectivity index (χ1v) is 28.6. The molecule has 9 atom stereocenters. The first-order chi connectivity index (χ1) is 39.1. The van der Waals surface area contributed by atoms with E-state index in [4.69, 9.17) is 19.9 Å². The predicted octanol–water partition coefficient (Wildman–Crippen LogP) is 1.85. The van der Waals surface area contributed by atoms with Crippen LogP contribution in [-0.4, -0.2) is 160 Å². The largest absolute Gasteiger partial charge is 0.460 e. The van der Waals surface area contributed by atoms with Gasteiger partial charge < -0.3 is 67.2 Å². The summed E-state index contributed by atoms with van der Waals surface area (Å²) in [6, 6.07) is 5.90. The number of likely N-dealkylation sites (tertiary alicyclic amines) is 1. The Morgan fingerprint density at radius 3 is 1.39 bits per heavy atom. The molecule has 1 fully saturated rings. The highest BCUT2D eigenvalue weighted by Crippen LogP contribution is 2.22. The monoisotopic (exact) mass is 1180 g/mol. The third kappa shape index (κ3) is 25.6. The van der Waals surface area contributed by atoms with Crippen LogP contribution in [0.5, 0.6) is 0 Å².